The summed E-state index contributed by atoms with van der Waals surface area (Å²) in [6.45, 7) is 8.17. The fourth-order valence-electron chi connectivity index (χ4n) is 2.23. The zero-order valence-electron chi connectivity index (χ0n) is 12.8. The number of nitrogens with zero attached hydrogens (tertiary/aromatic N) is 2. The van der Waals surface area contributed by atoms with E-state index in [-0.39, 0.29) is 0 Å². The predicted octanol–water partition coefficient (Wildman–Crippen LogP) is 3.58. The van der Waals surface area contributed by atoms with Crippen LogP contribution in [0, 0.1) is 13.8 Å². The lowest BCUT2D eigenvalue weighted by molar-refractivity contribution is 0.723. The number of hydrogen-bond acceptors (Lipinski definition) is 3. The van der Waals surface area contributed by atoms with Crippen molar-refractivity contribution >= 4 is 11.5 Å². The van der Waals surface area contributed by atoms with E-state index in [1.165, 1.54) is 16.7 Å². The summed E-state index contributed by atoms with van der Waals surface area (Å²) >= 11 is 0. The molecule has 0 aliphatic rings. The molecule has 0 bridgehead atoms. The van der Waals surface area contributed by atoms with Crippen LogP contribution in [0.4, 0.5) is 11.5 Å². The second-order valence-corrected chi connectivity index (χ2v) is 5.16. The number of anilines is 2. The van der Waals surface area contributed by atoms with Crippen molar-refractivity contribution in [3.05, 3.63) is 53.2 Å². The molecule has 2 rings (SSSR count). The molecule has 3 heteroatoms. The molecule has 0 spiro atoms. The molecule has 0 radical (unpaired) electrons. The fraction of sp³-hybridized carbons (Fsp3) is 0.353. The third-order valence-electron chi connectivity index (χ3n) is 3.43. The van der Waals surface area contributed by atoms with Gasteiger partial charge in [0, 0.05) is 25.5 Å². The maximum absolute atomic E-state index is 4.62. The van der Waals surface area contributed by atoms with E-state index in [4.69, 9.17) is 0 Å². The van der Waals surface area contributed by atoms with Crippen molar-refractivity contribution in [1.82, 2.24) is 10.3 Å². The van der Waals surface area contributed by atoms with E-state index in [9.17, 15) is 0 Å². The van der Waals surface area contributed by atoms with E-state index < -0.39 is 0 Å². The van der Waals surface area contributed by atoms with Gasteiger partial charge in [-0.25, -0.2) is 4.98 Å². The maximum atomic E-state index is 4.62. The molecular weight excluding hydrogens is 246 g/mol. The number of benzene rings is 1. The number of aromatic nitrogens is 1. The number of hydrogen-bond donors (Lipinski definition) is 1. The van der Waals surface area contributed by atoms with E-state index in [1.54, 1.807) is 0 Å². The van der Waals surface area contributed by atoms with Gasteiger partial charge in [0.1, 0.15) is 5.82 Å². The maximum Gasteiger partial charge on any atom is 0.135 e. The van der Waals surface area contributed by atoms with Gasteiger partial charge in [-0.1, -0.05) is 24.6 Å². The summed E-state index contributed by atoms with van der Waals surface area (Å²) in [6.07, 6.45) is 1.95. The molecule has 0 atom stereocenters. The molecule has 0 aliphatic carbocycles. The fourth-order valence-corrected chi connectivity index (χ4v) is 2.23. The first-order valence-electron chi connectivity index (χ1n) is 7.08. The summed E-state index contributed by atoms with van der Waals surface area (Å²) in [7, 11) is 2.06. The van der Waals surface area contributed by atoms with Crippen molar-refractivity contribution in [2.75, 3.05) is 18.5 Å². The lowest BCUT2D eigenvalue weighted by Crippen LogP contribution is -2.15. The van der Waals surface area contributed by atoms with Crippen LogP contribution in [-0.2, 0) is 6.54 Å². The Kier molecular flexibility index (Phi) is 4.74. The van der Waals surface area contributed by atoms with Crippen molar-refractivity contribution in [2.24, 2.45) is 0 Å². The molecule has 1 heterocycles. The summed E-state index contributed by atoms with van der Waals surface area (Å²) < 4.78 is 0. The van der Waals surface area contributed by atoms with Gasteiger partial charge in [-0.3, -0.25) is 0 Å². The average molecular weight is 269 g/mol. The van der Waals surface area contributed by atoms with E-state index in [0.717, 1.165) is 24.6 Å². The van der Waals surface area contributed by atoms with Crippen LogP contribution >= 0.6 is 0 Å². The van der Waals surface area contributed by atoms with Gasteiger partial charge in [-0.15, -0.1) is 0 Å². The molecule has 0 amide bonds. The quantitative estimate of drug-likeness (QED) is 0.899. The van der Waals surface area contributed by atoms with Gasteiger partial charge < -0.3 is 10.2 Å². The minimum atomic E-state index is 0.874. The van der Waals surface area contributed by atoms with Crippen molar-refractivity contribution < 1.29 is 0 Å². The molecule has 106 valence electrons. The van der Waals surface area contributed by atoms with E-state index >= 15 is 0 Å². The van der Waals surface area contributed by atoms with Crippen LogP contribution in [0.15, 0.2) is 36.5 Å². The Labute approximate surface area is 121 Å². The average Bonchev–Trinajstić information content (AvgIpc) is 2.45. The Bertz CT molecular complexity index is 561. The first kappa shape index (κ1) is 14.5. The van der Waals surface area contributed by atoms with Gasteiger partial charge >= 0.3 is 0 Å². The highest BCUT2D eigenvalue weighted by Crippen LogP contribution is 2.25. The monoisotopic (exact) mass is 269 g/mol. The van der Waals surface area contributed by atoms with Crippen LogP contribution in [0.3, 0.4) is 0 Å². The Hall–Kier alpha value is -1.87. The zero-order chi connectivity index (χ0) is 14.5. The number of rotatable bonds is 5. The number of nitrogens with one attached hydrogen (secondary N) is 1. The zero-order valence-corrected chi connectivity index (χ0v) is 12.8. The highest BCUT2D eigenvalue weighted by atomic mass is 15.2. The lowest BCUT2D eigenvalue weighted by atomic mass is 10.1. The van der Waals surface area contributed by atoms with Gasteiger partial charge in [0.25, 0.3) is 0 Å². The Balaban J connectivity index is 2.21. The predicted molar refractivity (Wildman–Crippen MR) is 85.6 cm³/mol. The minimum absolute atomic E-state index is 0.874. The largest absolute Gasteiger partial charge is 0.329 e. The van der Waals surface area contributed by atoms with Crippen LogP contribution in [0.2, 0.25) is 0 Å². The Morgan fingerprint density at radius 2 is 1.85 bits per heavy atom. The van der Waals surface area contributed by atoms with Crippen molar-refractivity contribution in [3.8, 4) is 0 Å². The normalized spacial score (nSPS) is 10.6. The number of aryl methyl sites for hydroxylation is 2. The molecule has 0 unspecified atom stereocenters. The SMILES string of the molecule is CCNCc1cnc(N(C)c2ccc(C)cc2)c(C)c1. The second kappa shape index (κ2) is 6.53. The highest BCUT2D eigenvalue weighted by Gasteiger charge is 2.09. The molecule has 1 aromatic heterocycles. The molecule has 0 aliphatic heterocycles. The summed E-state index contributed by atoms with van der Waals surface area (Å²) in [5, 5.41) is 3.32. The lowest BCUT2D eigenvalue weighted by Gasteiger charge is -2.21. The molecule has 0 saturated heterocycles. The highest BCUT2D eigenvalue weighted by molar-refractivity contribution is 5.62. The topological polar surface area (TPSA) is 28.2 Å². The minimum Gasteiger partial charge on any atom is -0.329 e. The van der Waals surface area contributed by atoms with Gasteiger partial charge in [0.05, 0.1) is 0 Å². The molecule has 0 saturated carbocycles. The summed E-state index contributed by atoms with van der Waals surface area (Å²) in [5.41, 5.74) is 4.85. The third-order valence-corrected chi connectivity index (χ3v) is 3.43. The molecule has 2 aromatic rings. The molecule has 3 nitrogen and oxygen atoms in total. The van der Waals surface area contributed by atoms with Crippen LogP contribution in [0.5, 0.6) is 0 Å². The molecule has 1 aromatic carbocycles. The molecule has 20 heavy (non-hydrogen) atoms. The van der Waals surface area contributed by atoms with E-state index in [1.807, 2.05) is 6.20 Å². The smallest absolute Gasteiger partial charge is 0.135 e. The summed E-state index contributed by atoms with van der Waals surface area (Å²) in [6, 6.07) is 10.7. The van der Waals surface area contributed by atoms with Crippen LogP contribution in [0.25, 0.3) is 0 Å². The summed E-state index contributed by atoms with van der Waals surface area (Å²) in [5.74, 6) is 1.01. The van der Waals surface area contributed by atoms with E-state index in [2.05, 4.69) is 73.4 Å². The summed E-state index contributed by atoms with van der Waals surface area (Å²) in [4.78, 5) is 6.75. The van der Waals surface area contributed by atoms with Crippen LogP contribution < -0.4 is 10.2 Å². The van der Waals surface area contributed by atoms with Crippen molar-refractivity contribution in [3.63, 3.8) is 0 Å². The van der Waals surface area contributed by atoms with E-state index in [0.29, 0.717) is 0 Å². The van der Waals surface area contributed by atoms with Gasteiger partial charge in [0.15, 0.2) is 0 Å². The first-order valence-corrected chi connectivity index (χ1v) is 7.08. The Morgan fingerprint density at radius 3 is 2.45 bits per heavy atom. The number of pyridine rings is 1. The van der Waals surface area contributed by atoms with Crippen LogP contribution in [0.1, 0.15) is 23.6 Å². The van der Waals surface area contributed by atoms with Crippen molar-refractivity contribution in [2.45, 2.75) is 27.3 Å². The molecule has 1 N–H and O–H groups in total. The van der Waals surface area contributed by atoms with Gasteiger partial charge in [-0.2, -0.15) is 0 Å². The first-order chi connectivity index (χ1) is 9.61. The van der Waals surface area contributed by atoms with Gasteiger partial charge in [0.2, 0.25) is 0 Å². The molecular formula is C17H23N3. The Morgan fingerprint density at radius 1 is 1.15 bits per heavy atom. The molecule has 0 fully saturated rings. The van der Waals surface area contributed by atoms with Crippen LogP contribution in [-0.4, -0.2) is 18.6 Å². The van der Waals surface area contributed by atoms with Crippen molar-refractivity contribution in [1.29, 1.82) is 0 Å². The third kappa shape index (κ3) is 3.36. The second-order valence-electron chi connectivity index (χ2n) is 5.16. The standard InChI is InChI=1S/C17H23N3/c1-5-18-11-15-10-14(3)17(19-12-15)20(4)16-8-6-13(2)7-9-16/h6-10,12,18H,5,11H2,1-4H3. The van der Waals surface area contributed by atoms with Gasteiger partial charge in [-0.05, 0) is 49.7 Å².